The van der Waals surface area contributed by atoms with Crippen LogP contribution in [0.1, 0.15) is 20.3 Å². The molecule has 0 amide bonds. The number of hydrogen-bond acceptors (Lipinski definition) is 2. The minimum absolute atomic E-state index is 0.541. The number of nitrogens with one attached hydrogen (secondary N) is 1. The summed E-state index contributed by atoms with van der Waals surface area (Å²) in [5.41, 5.74) is 1.24. The number of rotatable bonds is 2. The molecule has 1 saturated heterocycles. The van der Waals surface area contributed by atoms with Gasteiger partial charge in [-0.3, -0.25) is 0 Å². The summed E-state index contributed by atoms with van der Waals surface area (Å²) in [6, 6.07) is 9.33. The molecule has 0 saturated carbocycles. The van der Waals surface area contributed by atoms with E-state index in [0.717, 1.165) is 11.6 Å². The van der Waals surface area contributed by atoms with Crippen LogP contribution in [0.4, 0.5) is 5.69 Å². The van der Waals surface area contributed by atoms with Crippen molar-refractivity contribution >= 4 is 17.3 Å². The van der Waals surface area contributed by atoms with Crippen molar-refractivity contribution in [2.45, 2.75) is 32.4 Å². The average Bonchev–Trinajstić information content (AvgIpc) is 2.32. The van der Waals surface area contributed by atoms with Crippen LogP contribution < -0.4 is 10.2 Å². The molecule has 0 bridgehead atoms. The molecule has 0 radical (unpaired) electrons. The molecule has 1 aromatic carbocycles. The lowest BCUT2D eigenvalue weighted by Crippen LogP contribution is -2.52. The predicted octanol–water partition coefficient (Wildman–Crippen LogP) is 3.16. The second kappa shape index (κ2) is 5.28. The Labute approximate surface area is 109 Å². The molecule has 0 aromatic heterocycles. The summed E-state index contributed by atoms with van der Waals surface area (Å²) in [4.78, 5) is 2.46. The maximum Gasteiger partial charge on any atom is 0.0426 e. The van der Waals surface area contributed by atoms with E-state index in [2.05, 4.69) is 43.2 Å². The second-order valence-electron chi connectivity index (χ2n) is 4.96. The van der Waals surface area contributed by atoms with Gasteiger partial charge in [-0.25, -0.2) is 0 Å². The number of piperidine rings is 1. The molecule has 1 aliphatic heterocycles. The van der Waals surface area contributed by atoms with Gasteiger partial charge in [-0.2, -0.15) is 0 Å². The lowest BCUT2D eigenvalue weighted by Gasteiger charge is -2.44. The number of nitrogens with zero attached hydrogens (tertiary/aromatic N) is 1. The number of halogens is 1. The van der Waals surface area contributed by atoms with E-state index in [9.17, 15) is 0 Å². The highest BCUT2D eigenvalue weighted by molar-refractivity contribution is 6.30. The molecule has 0 aliphatic carbocycles. The van der Waals surface area contributed by atoms with Gasteiger partial charge in [0.15, 0.2) is 0 Å². The van der Waals surface area contributed by atoms with Crippen molar-refractivity contribution in [1.29, 1.82) is 0 Å². The molecule has 1 aliphatic rings. The summed E-state index contributed by atoms with van der Waals surface area (Å²) in [7, 11) is 2.06. The topological polar surface area (TPSA) is 15.3 Å². The summed E-state index contributed by atoms with van der Waals surface area (Å²) in [5, 5.41) is 4.23. The Kier molecular flexibility index (Phi) is 3.95. The van der Waals surface area contributed by atoms with E-state index in [-0.39, 0.29) is 0 Å². The van der Waals surface area contributed by atoms with Crippen LogP contribution in [0.3, 0.4) is 0 Å². The maximum absolute atomic E-state index is 6.07. The van der Waals surface area contributed by atoms with Crippen LogP contribution >= 0.6 is 11.6 Å². The highest BCUT2D eigenvalue weighted by Gasteiger charge is 2.31. The van der Waals surface area contributed by atoms with Crippen molar-refractivity contribution in [2.24, 2.45) is 5.92 Å². The van der Waals surface area contributed by atoms with Gasteiger partial charge in [0.05, 0.1) is 0 Å². The first-order valence-corrected chi connectivity index (χ1v) is 6.70. The quantitative estimate of drug-likeness (QED) is 0.870. The minimum Gasteiger partial charge on any atom is -0.368 e. The lowest BCUT2D eigenvalue weighted by molar-refractivity contribution is 0.283. The second-order valence-corrected chi connectivity index (χ2v) is 5.39. The third-order valence-electron chi connectivity index (χ3n) is 4.08. The van der Waals surface area contributed by atoms with E-state index in [0.29, 0.717) is 18.0 Å². The average molecular weight is 253 g/mol. The van der Waals surface area contributed by atoms with Crippen molar-refractivity contribution in [2.75, 3.05) is 18.5 Å². The van der Waals surface area contributed by atoms with Gasteiger partial charge in [-0.1, -0.05) is 24.6 Å². The molecule has 1 N–H and O–H groups in total. The monoisotopic (exact) mass is 252 g/mol. The van der Waals surface area contributed by atoms with Crippen LogP contribution in [0.2, 0.25) is 5.02 Å². The van der Waals surface area contributed by atoms with E-state index < -0.39 is 0 Å². The standard InChI is InChI=1S/C14H21ClN2/c1-10-11(2)17(8-7-14(10)16-3)13-6-4-5-12(15)9-13/h4-6,9-11,14,16H,7-8H2,1-3H3. The van der Waals surface area contributed by atoms with E-state index in [1.807, 2.05) is 12.1 Å². The Hall–Kier alpha value is -0.730. The number of benzene rings is 1. The molecular formula is C14H21ClN2. The van der Waals surface area contributed by atoms with E-state index in [1.165, 1.54) is 12.1 Å². The van der Waals surface area contributed by atoms with Crippen molar-refractivity contribution in [3.05, 3.63) is 29.3 Å². The number of hydrogen-bond donors (Lipinski definition) is 1. The van der Waals surface area contributed by atoms with E-state index in [1.54, 1.807) is 0 Å². The minimum atomic E-state index is 0.541. The van der Waals surface area contributed by atoms with Gasteiger partial charge < -0.3 is 10.2 Å². The van der Waals surface area contributed by atoms with Gasteiger partial charge >= 0.3 is 0 Å². The van der Waals surface area contributed by atoms with Gasteiger partial charge in [0.1, 0.15) is 0 Å². The van der Waals surface area contributed by atoms with Crippen LogP contribution in [0.5, 0.6) is 0 Å². The first-order chi connectivity index (χ1) is 8.13. The smallest absolute Gasteiger partial charge is 0.0426 e. The Morgan fingerprint density at radius 3 is 2.76 bits per heavy atom. The zero-order chi connectivity index (χ0) is 12.4. The molecule has 1 aromatic rings. The fourth-order valence-electron chi connectivity index (χ4n) is 2.79. The Morgan fingerprint density at radius 2 is 2.12 bits per heavy atom. The van der Waals surface area contributed by atoms with Crippen LogP contribution in [0, 0.1) is 5.92 Å². The van der Waals surface area contributed by atoms with Crippen molar-refractivity contribution in [1.82, 2.24) is 5.32 Å². The largest absolute Gasteiger partial charge is 0.368 e. The normalized spacial score (nSPS) is 29.4. The van der Waals surface area contributed by atoms with Crippen LogP contribution in [0.15, 0.2) is 24.3 Å². The summed E-state index contributed by atoms with van der Waals surface area (Å²) in [6.45, 7) is 5.72. The Morgan fingerprint density at radius 1 is 1.35 bits per heavy atom. The molecule has 3 atom stereocenters. The van der Waals surface area contributed by atoms with Gasteiger partial charge in [-0.15, -0.1) is 0 Å². The first kappa shape index (κ1) is 12.7. The van der Waals surface area contributed by atoms with Crippen molar-refractivity contribution in [3.8, 4) is 0 Å². The summed E-state index contributed by atoms with van der Waals surface area (Å²) in [6.07, 6.45) is 1.19. The van der Waals surface area contributed by atoms with Crippen molar-refractivity contribution in [3.63, 3.8) is 0 Å². The molecule has 94 valence electrons. The molecular weight excluding hydrogens is 232 g/mol. The third kappa shape index (κ3) is 2.58. The molecule has 2 nitrogen and oxygen atoms in total. The Bertz CT molecular complexity index is 380. The summed E-state index contributed by atoms with van der Waals surface area (Å²) < 4.78 is 0. The van der Waals surface area contributed by atoms with Crippen molar-refractivity contribution < 1.29 is 0 Å². The zero-order valence-corrected chi connectivity index (χ0v) is 11.5. The van der Waals surface area contributed by atoms with E-state index in [4.69, 9.17) is 11.6 Å². The van der Waals surface area contributed by atoms with Crippen LogP contribution in [-0.4, -0.2) is 25.7 Å². The molecule has 17 heavy (non-hydrogen) atoms. The van der Waals surface area contributed by atoms with Gasteiger partial charge in [0.25, 0.3) is 0 Å². The van der Waals surface area contributed by atoms with Gasteiger partial charge in [0, 0.05) is 29.3 Å². The maximum atomic E-state index is 6.07. The molecule has 2 rings (SSSR count). The van der Waals surface area contributed by atoms with Crippen LogP contribution in [0.25, 0.3) is 0 Å². The SMILES string of the molecule is CNC1CCN(c2cccc(Cl)c2)C(C)C1C. The Balaban J connectivity index is 2.18. The lowest BCUT2D eigenvalue weighted by atomic mass is 9.87. The van der Waals surface area contributed by atoms with Gasteiger partial charge in [-0.05, 0) is 44.5 Å². The predicted molar refractivity (Wildman–Crippen MR) is 74.9 cm³/mol. The molecule has 3 unspecified atom stereocenters. The summed E-state index contributed by atoms with van der Waals surface area (Å²) >= 11 is 6.07. The first-order valence-electron chi connectivity index (χ1n) is 6.33. The molecule has 0 spiro atoms. The fraction of sp³-hybridized carbons (Fsp3) is 0.571. The highest BCUT2D eigenvalue weighted by atomic mass is 35.5. The molecule has 1 fully saturated rings. The van der Waals surface area contributed by atoms with Crippen LogP contribution in [-0.2, 0) is 0 Å². The fourth-order valence-corrected chi connectivity index (χ4v) is 2.98. The summed E-state index contributed by atoms with van der Waals surface area (Å²) in [5.74, 6) is 0.646. The number of anilines is 1. The molecule has 3 heteroatoms. The third-order valence-corrected chi connectivity index (χ3v) is 4.31. The molecule has 1 heterocycles. The zero-order valence-electron chi connectivity index (χ0n) is 10.8. The highest BCUT2D eigenvalue weighted by Crippen LogP contribution is 2.29. The van der Waals surface area contributed by atoms with Gasteiger partial charge in [0.2, 0.25) is 0 Å². The van der Waals surface area contributed by atoms with E-state index >= 15 is 0 Å².